The van der Waals surface area contributed by atoms with Gasteiger partial charge in [-0.2, -0.15) is 0 Å². The van der Waals surface area contributed by atoms with E-state index in [-0.39, 0.29) is 11.3 Å². The lowest BCUT2D eigenvalue weighted by Gasteiger charge is -2.21. The Balaban J connectivity index is 2.03. The third-order valence-corrected chi connectivity index (χ3v) is 3.24. The minimum atomic E-state index is 0.0485. The van der Waals surface area contributed by atoms with Gasteiger partial charge in [0.05, 0.1) is 12.2 Å². The molecule has 0 saturated heterocycles. The van der Waals surface area contributed by atoms with Crippen LogP contribution in [0.4, 0.5) is 0 Å². The number of nitrogens with one attached hydrogen (secondary N) is 1. The fourth-order valence-corrected chi connectivity index (χ4v) is 2.29. The number of rotatable bonds is 4. The van der Waals surface area contributed by atoms with Crippen molar-refractivity contribution in [2.75, 3.05) is 13.2 Å². The van der Waals surface area contributed by atoms with Crippen molar-refractivity contribution in [3.8, 4) is 5.75 Å². The first-order valence-corrected chi connectivity index (χ1v) is 7.00. The molecule has 0 unspecified atom stereocenters. The molecular weight excluding hydrogens is 238 g/mol. The summed E-state index contributed by atoms with van der Waals surface area (Å²) < 4.78 is 5.68. The van der Waals surface area contributed by atoms with Gasteiger partial charge in [-0.25, -0.2) is 0 Å². The molecule has 0 saturated carbocycles. The Morgan fingerprint density at radius 2 is 2.16 bits per heavy atom. The normalized spacial score (nSPS) is 14.7. The molecule has 3 nitrogen and oxygen atoms in total. The van der Waals surface area contributed by atoms with Gasteiger partial charge in [-0.15, -0.1) is 0 Å². The van der Waals surface area contributed by atoms with Gasteiger partial charge >= 0.3 is 0 Å². The number of carbonyl (C=O) groups is 1. The van der Waals surface area contributed by atoms with E-state index in [1.54, 1.807) is 0 Å². The molecule has 1 aliphatic rings. The second-order valence-corrected chi connectivity index (χ2v) is 6.10. The standard InChI is InChI=1S/C16H23NO2/c1-16(2,3)17-10-9-14(18)13-8-4-6-12-7-5-11-19-15(12)13/h4,6,8,17H,5,7,9-11H2,1-3H3. The van der Waals surface area contributed by atoms with Gasteiger partial charge in [0.2, 0.25) is 0 Å². The van der Waals surface area contributed by atoms with Crippen LogP contribution in [-0.2, 0) is 6.42 Å². The van der Waals surface area contributed by atoms with Gasteiger partial charge in [-0.05, 0) is 45.2 Å². The highest BCUT2D eigenvalue weighted by Gasteiger charge is 2.19. The van der Waals surface area contributed by atoms with E-state index in [0.717, 1.165) is 30.8 Å². The average molecular weight is 261 g/mol. The SMILES string of the molecule is CC(C)(C)NCCC(=O)c1cccc2c1OCCC2. The quantitative estimate of drug-likeness (QED) is 0.847. The summed E-state index contributed by atoms with van der Waals surface area (Å²) in [5.74, 6) is 0.977. The first-order valence-electron chi connectivity index (χ1n) is 7.00. The highest BCUT2D eigenvalue weighted by molar-refractivity contribution is 5.99. The van der Waals surface area contributed by atoms with Crippen molar-refractivity contribution in [1.82, 2.24) is 5.32 Å². The Morgan fingerprint density at radius 1 is 1.37 bits per heavy atom. The van der Waals surface area contributed by atoms with Crippen LogP contribution >= 0.6 is 0 Å². The van der Waals surface area contributed by atoms with E-state index in [2.05, 4.69) is 32.2 Å². The molecule has 19 heavy (non-hydrogen) atoms. The molecule has 0 aromatic heterocycles. The van der Waals surface area contributed by atoms with E-state index in [0.29, 0.717) is 13.0 Å². The molecule has 0 atom stereocenters. The van der Waals surface area contributed by atoms with Gasteiger partial charge in [-0.1, -0.05) is 12.1 Å². The number of hydrogen-bond acceptors (Lipinski definition) is 3. The second-order valence-electron chi connectivity index (χ2n) is 6.10. The highest BCUT2D eigenvalue weighted by atomic mass is 16.5. The number of hydrogen-bond donors (Lipinski definition) is 1. The fourth-order valence-electron chi connectivity index (χ4n) is 2.29. The van der Waals surface area contributed by atoms with Crippen molar-refractivity contribution in [2.24, 2.45) is 0 Å². The minimum absolute atomic E-state index is 0.0485. The lowest BCUT2D eigenvalue weighted by Crippen LogP contribution is -2.37. The number of ketones is 1. The maximum Gasteiger partial charge on any atom is 0.167 e. The molecule has 2 rings (SSSR count). The van der Waals surface area contributed by atoms with Gasteiger partial charge in [0.1, 0.15) is 5.75 Å². The molecule has 1 aliphatic heterocycles. The molecule has 104 valence electrons. The molecule has 0 aliphatic carbocycles. The number of Topliss-reactive ketones (excluding diaryl/α,β-unsaturated/α-hetero) is 1. The molecule has 3 heteroatoms. The third kappa shape index (κ3) is 3.80. The summed E-state index contributed by atoms with van der Waals surface area (Å²) in [6.07, 6.45) is 2.56. The zero-order chi connectivity index (χ0) is 13.9. The van der Waals surface area contributed by atoms with Gasteiger partial charge in [0, 0.05) is 18.5 Å². The summed E-state index contributed by atoms with van der Waals surface area (Å²) in [5, 5.41) is 3.34. The summed E-state index contributed by atoms with van der Waals surface area (Å²) in [6.45, 7) is 7.73. The van der Waals surface area contributed by atoms with Crippen molar-refractivity contribution in [1.29, 1.82) is 0 Å². The highest BCUT2D eigenvalue weighted by Crippen LogP contribution is 2.29. The summed E-state index contributed by atoms with van der Waals surface area (Å²) in [7, 11) is 0. The van der Waals surface area contributed by atoms with Crippen molar-refractivity contribution in [2.45, 2.75) is 45.6 Å². The Labute approximate surface area is 115 Å². The fraction of sp³-hybridized carbons (Fsp3) is 0.562. The first-order chi connectivity index (χ1) is 8.97. The van der Waals surface area contributed by atoms with Crippen molar-refractivity contribution < 1.29 is 9.53 Å². The predicted molar refractivity (Wildman–Crippen MR) is 77.0 cm³/mol. The molecule has 1 aromatic rings. The topological polar surface area (TPSA) is 38.3 Å². The number of aryl methyl sites for hydroxylation is 1. The molecule has 1 aromatic carbocycles. The molecule has 0 fully saturated rings. The molecule has 1 N–H and O–H groups in total. The van der Waals surface area contributed by atoms with E-state index in [1.807, 2.05) is 12.1 Å². The molecule has 0 spiro atoms. The first kappa shape index (κ1) is 14.1. The van der Waals surface area contributed by atoms with Crippen LogP contribution in [0.15, 0.2) is 18.2 Å². The number of carbonyl (C=O) groups excluding carboxylic acids is 1. The number of benzene rings is 1. The summed E-state index contributed by atoms with van der Waals surface area (Å²) in [5.41, 5.74) is 1.96. The van der Waals surface area contributed by atoms with E-state index in [1.165, 1.54) is 5.56 Å². The Bertz CT molecular complexity index is 460. The van der Waals surface area contributed by atoms with Crippen molar-refractivity contribution in [3.05, 3.63) is 29.3 Å². The Morgan fingerprint density at radius 3 is 2.89 bits per heavy atom. The van der Waals surface area contributed by atoms with Crippen LogP contribution in [0.1, 0.15) is 49.5 Å². The van der Waals surface area contributed by atoms with Crippen LogP contribution in [0, 0.1) is 0 Å². The van der Waals surface area contributed by atoms with E-state index in [9.17, 15) is 4.79 Å². The van der Waals surface area contributed by atoms with Crippen LogP contribution in [0.25, 0.3) is 0 Å². The second kappa shape index (κ2) is 5.74. The largest absolute Gasteiger partial charge is 0.493 e. The zero-order valence-electron chi connectivity index (χ0n) is 12.1. The molecule has 1 heterocycles. The third-order valence-electron chi connectivity index (χ3n) is 3.24. The zero-order valence-corrected chi connectivity index (χ0v) is 12.1. The Kier molecular flexibility index (Phi) is 4.25. The monoisotopic (exact) mass is 261 g/mol. The molecule has 0 amide bonds. The summed E-state index contributed by atoms with van der Waals surface area (Å²) in [6, 6.07) is 5.89. The average Bonchev–Trinajstić information content (AvgIpc) is 2.36. The van der Waals surface area contributed by atoms with E-state index < -0.39 is 0 Å². The van der Waals surface area contributed by atoms with Crippen molar-refractivity contribution in [3.63, 3.8) is 0 Å². The van der Waals surface area contributed by atoms with Gasteiger partial charge < -0.3 is 10.1 Å². The maximum absolute atomic E-state index is 12.3. The number of ether oxygens (including phenoxy) is 1. The predicted octanol–water partition coefficient (Wildman–Crippen LogP) is 2.97. The van der Waals surface area contributed by atoms with E-state index >= 15 is 0 Å². The summed E-state index contributed by atoms with van der Waals surface area (Å²) in [4.78, 5) is 12.3. The van der Waals surface area contributed by atoms with Gasteiger partial charge in [-0.3, -0.25) is 4.79 Å². The van der Waals surface area contributed by atoms with Crippen LogP contribution < -0.4 is 10.1 Å². The van der Waals surface area contributed by atoms with E-state index in [4.69, 9.17) is 4.74 Å². The number of para-hydroxylation sites is 1. The summed E-state index contributed by atoms with van der Waals surface area (Å²) >= 11 is 0. The molecule has 0 radical (unpaired) electrons. The maximum atomic E-state index is 12.3. The molecular formula is C16H23NO2. The van der Waals surface area contributed by atoms with Gasteiger partial charge in [0.25, 0.3) is 0 Å². The number of fused-ring (bicyclic) bond motifs is 1. The van der Waals surface area contributed by atoms with Crippen LogP contribution in [-0.4, -0.2) is 24.5 Å². The smallest absolute Gasteiger partial charge is 0.167 e. The lowest BCUT2D eigenvalue weighted by atomic mass is 9.98. The lowest BCUT2D eigenvalue weighted by molar-refractivity contribution is 0.0975. The van der Waals surface area contributed by atoms with Crippen LogP contribution in [0.3, 0.4) is 0 Å². The van der Waals surface area contributed by atoms with Crippen LogP contribution in [0.5, 0.6) is 5.75 Å². The molecule has 0 bridgehead atoms. The van der Waals surface area contributed by atoms with Crippen molar-refractivity contribution >= 4 is 5.78 Å². The minimum Gasteiger partial charge on any atom is -0.493 e. The Hall–Kier alpha value is -1.35. The van der Waals surface area contributed by atoms with Gasteiger partial charge in [0.15, 0.2) is 5.78 Å². The van der Waals surface area contributed by atoms with Crippen LogP contribution in [0.2, 0.25) is 0 Å².